The molecule has 2 aliphatic heterocycles. The van der Waals surface area contributed by atoms with E-state index >= 15 is 0 Å². The summed E-state index contributed by atoms with van der Waals surface area (Å²) in [7, 11) is 0. The standard InChI is InChI=1S/C6H7N2S/c1-2-7-3-6-5(1)8-4-9-6/h1-2,4-6H,3H2. The molecule has 0 saturated heterocycles. The first-order valence-corrected chi connectivity index (χ1v) is 3.91. The lowest BCUT2D eigenvalue weighted by molar-refractivity contribution is 0.733. The normalized spacial score (nSPS) is 39.1. The van der Waals surface area contributed by atoms with Crippen LogP contribution in [0, 0.1) is 6.42 Å². The van der Waals surface area contributed by atoms with Crippen molar-refractivity contribution in [2.45, 2.75) is 11.3 Å². The molecule has 0 fully saturated rings. The molecule has 0 aromatic rings. The summed E-state index contributed by atoms with van der Waals surface area (Å²) in [5.41, 5.74) is 1.93. The highest BCUT2D eigenvalue weighted by Gasteiger charge is 2.25. The summed E-state index contributed by atoms with van der Waals surface area (Å²) in [4.78, 5) is 8.39. The van der Waals surface area contributed by atoms with Gasteiger partial charge in [-0.15, -0.1) is 11.8 Å². The Morgan fingerprint density at radius 1 is 1.56 bits per heavy atom. The van der Waals surface area contributed by atoms with Crippen LogP contribution < -0.4 is 0 Å². The zero-order valence-electron chi connectivity index (χ0n) is 4.90. The molecule has 2 unspecified atom stereocenters. The van der Waals surface area contributed by atoms with Gasteiger partial charge in [0, 0.05) is 12.6 Å². The number of rotatable bonds is 0. The second kappa shape index (κ2) is 2.14. The molecule has 3 heteroatoms. The van der Waals surface area contributed by atoms with Gasteiger partial charge in [-0.25, -0.2) is 0 Å². The SMILES string of the molecule is [CH]1C=NCC2SC=NC12. The van der Waals surface area contributed by atoms with E-state index in [1.165, 1.54) is 0 Å². The Hall–Kier alpha value is -0.310. The van der Waals surface area contributed by atoms with E-state index in [1.54, 1.807) is 11.8 Å². The summed E-state index contributed by atoms with van der Waals surface area (Å²) in [6.07, 6.45) is 3.93. The molecule has 0 aromatic heterocycles. The van der Waals surface area contributed by atoms with Gasteiger partial charge in [-0.2, -0.15) is 0 Å². The van der Waals surface area contributed by atoms with Crippen LogP contribution in [-0.2, 0) is 0 Å². The van der Waals surface area contributed by atoms with Crippen LogP contribution in [-0.4, -0.2) is 29.6 Å². The molecule has 2 heterocycles. The number of fused-ring (bicyclic) bond motifs is 1. The van der Waals surface area contributed by atoms with E-state index in [4.69, 9.17) is 0 Å². The second-order valence-electron chi connectivity index (χ2n) is 2.13. The molecular weight excluding hydrogens is 132 g/mol. The van der Waals surface area contributed by atoms with Crippen LogP contribution in [0.25, 0.3) is 0 Å². The zero-order chi connectivity index (χ0) is 6.10. The van der Waals surface area contributed by atoms with Crippen molar-refractivity contribution in [2.75, 3.05) is 6.54 Å². The third kappa shape index (κ3) is 0.894. The molecule has 2 atom stereocenters. The van der Waals surface area contributed by atoms with Crippen molar-refractivity contribution in [3.63, 3.8) is 0 Å². The maximum Gasteiger partial charge on any atom is 0.0730 e. The highest BCUT2D eigenvalue weighted by molar-refractivity contribution is 8.13. The van der Waals surface area contributed by atoms with Crippen molar-refractivity contribution < 1.29 is 0 Å². The Balaban J connectivity index is 2.13. The summed E-state index contributed by atoms with van der Waals surface area (Å²) >= 11 is 1.79. The Morgan fingerprint density at radius 3 is 3.44 bits per heavy atom. The quantitative estimate of drug-likeness (QED) is 0.487. The molecule has 0 aromatic carbocycles. The van der Waals surface area contributed by atoms with Crippen LogP contribution in [0.15, 0.2) is 9.98 Å². The maximum absolute atomic E-state index is 4.25. The molecule has 0 amide bonds. The van der Waals surface area contributed by atoms with Crippen LogP contribution in [0.5, 0.6) is 0 Å². The molecule has 9 heavy (non-hydrogen) atoms. The highest BCUT2D eigenvalue weighted by Crippen LogP contribution is 2.25. The van der Waals surface area contributed by atoms with Crippen LogP contribution in [0.2, 0.25) is 0 Å². The first kappa shape index (κ1) is 5.47. The Labute approximate surface area is 58.5 Å². The molecular formula is C6H7N2S. The van der Waals surface area contributed by atoms with Crippen LogP contribution >= 0.6 is 11.8 Å². The van der Waals surface area contributed by atoms with Crippen molar-refractivity contribution in [3.8, 4) is 0 Å². The number of nitrogens with zero attached hydrogens (tertiary/aromatic N) is 2. The predicted octanol–water partition coefficient (Wildman–Crippen LogP) is 0.787. The van der Waals surface area contributed by atoms with Gasteiger partial charge < -0.3 is 0 Å². The fourth-order valence-electron chi connectivity index (χ4n) is 0.999. The third-order valence-corrected chi connectivity index (χ3v) is 2.54. The lowest BCUT2D eigenvalue weighted by Gasteiger charge is -2.15. The second-order valence-corrected chi connectivity index (χ2v) is 3.21. The van der Waals surface area contributed by atoms with Gasteiger partial charge >= 0.3 is 0 Å². The minimum atomic E-state index is 0.424. The van der Waals surface area contributed by atoms with Crippen molar-refractivity contribution in [2.24, 2.45) is 9.98 Å². The van der Waals surface area contributed by atoms with Gasteiger partial charge in [-0.05, 0) is 0 Å². The minimum absolute atomic E-state index is 0.424. The van der Waals surface area contributed by atoms with Gasteiger partial charge in [-0.3, -0.25) is 9.98 Å². The molecule has 2 nitrogen and oxygen atoms in total. The summed E-state index contributed by atoms with van der Waals surface area (Å²) in [6.45, 7) is 0.936. The van der Waals surface area contributed by atoms with E-state index in [9.17, 15) is 0 Å². The van der Waals surface area contributed by atoms with Crippen molar-refractivity contribution >= 4 is 23.5 Å². The average Bonchev–Trinajstić information content (AvgIpc) is 2.33. The molecule has 0 bridgehead atoms. The Morgan fingerprint density at radius 2 is 2.56 bits per heavy atom. The molecule has 0 aliphatic carbocycles. The van der Waals surface area contributed by atoms with E-state index in [-0.39, 0.29) is 0 Å². The first-order valence-electron chi connectivity index (χ1n) is 2.97. The molecule has 0 spiro atoms. The summed E-state index contributed by atoms with van der Waals surface area (Å²) in [5.74, 6) is 0. The van der Waals surface area contributed by atoms with Gasteiger partial charge in [0.15, 0.2) is 0 Å². The average molecular weight is 139 g/mol. The van der Waals surface area contributed by atoms with E-state index in [2.05, 4.69) is 16.4 Å². The first-order chi connectivity index (χ1) is 4.47. The van der Waals surface area contributed by atoms with Crippen LogP contribution in [0.4, 0.5) is 0 Å². The number of aliphatic imine (C=N–C) groups is 2. The van der Waals surface area contributed by atoms with Crippen LogP contribution in [0.1, 0.15) is 0 Å². The number of hydrogen-bond acceptors (Lipinski definition) is 3. The molecule has 0 saturated carbocycles. The summed E-state index contributed by atoms with van der Waals surface area (Å²) in [6, 6.07) is 0.424. The molecule has 2 aliphatic rings. The minimum Gasteiger partial charge on any atom is -0.296 e. The predicted molar refractivity (Wildman–Crippen MR) is 41.3 cm³/mol. The number of thioether (sulfide) groups is 1. The Kier molecular flexibility index (Phi) is 1.30. The molecule has 2 rings (SSSR count). The van der Waals surface area contributed by atoms with E-state index < -0.39 is 0 Å². The molecule has 1 radical (unpaired) electrons. The van der Waals surface area contributed by atoms with Gasteiger partial charge in [0.2, 0.25) is 0 Å². The monoisotopic (exact) mass is 139 g/mol. The smallest absolute Gasteiger partial charge is 0.0730 e. The maximum atomic E-state index is 4.25. The van der Waals surface area contributed by atoms with Crippen molar-refractivity contribution in [1.82, 2.24) is 0 Å². The fourth-order valence-corrected chi connectivity index (χ4v) is 1.86. The van der Waals surface area contributed by atoms with E-state index in [0.717, 1.165) is 6.54 Å². The Bertz CT molecular complexity index is 164. The van der Waals surface area contributed by atoms with Crippen molar-refractivity contribution in [1.29, 1.82) is 0 Å². The summed E-state index contributed by atoms with van der Waals surface area (Å²) in [5, 5.41) is 0.606. The molecule has 47 valence electrons. The highest BCUT2D eigenvalue weighted by atomic mass is 32.2. The van der Waals surface area contributed by atoms with Gasteiger partial charge in [0.1, 0.15) is 0 Å². The molecule has 0 N–H and O–H groups in total. The van der Waals surface area contributed by atoms with E-state index in [0.29, 0.717) is 11.3 Å². The lowest BCUT2D eigenvalue weighted by Crippen LogP contribution is -2.25. The summed E-state index contributed by atoms with van der Waals surface area (Å²) < 4.78 is 0. The lowest BCUT2D eigenvalue weighted by atomic mass is 10.1. The van der Waals surface area contributed by atoms with E-state index in [1.807, 2.05) is 11.8 Å². The topological polar surface area (TPSA) is 24.7 Å². The van der Waals surface area contributed by atoms with Crippen molar-refractivity contribution in [3.05, 3.63) is 6.42 Å². The third-order valence-electron chi connectivity index (χ3n) is 1.52. The number of hydrogen-bond donors (Lipinski definition) is 0. The van der Waals surface area contributed by atoms with Gasteiger partial charge in [0.05, 0.1) is 23.4 Å². The van der Waals surface area contributed by atoms with Gasteiger partial charge in [-0.1, -0.05) is 0 Å². The fraction of sp³-hybridized carbons (Fsp3) is 0.500. The largest absolute Gasteiger partial charge is 0.296 e. The van der Waals surface area contributed by atoms with Crippen LogP contribution in [0.3, 0.4) is 0 Å². The zero-order valence-corrected chi connectivity index (χ0v) is 5.71. The van der Waals surface area contributed by atoms with Gasteiger partial charge in [0.25, 0.3) is 0 Å².